The van der Waals surface area contributed by atoms with E-state index in [1.807, 2.05) is 57.2 Å². The van der Waals surface area contributed by atoms with Crippen LogP contribution in [0.15, 0.2) is 59.5 Å². The van der Waals surface area contributed by atoms with E-state index in [1.165, 1.54) is 0 Å². The zero-order valence-corrected chi connectivity index (χ0v) is 23.8. The Bertz CT molecular complexity index is 1610. The van der Waals surface area contributed by atoms with E-state index < -0.39 is 6.04 Å². The van der Waals surface area contributed by atoms with Gasteiger partial charge in [0.05, 0.1) is 12.8 Å². The van der Waals surface area contributed by atoms with Gasteiger partial charge in [-0.15, -0.1) is 0 Å². The first kappa shape index (κ1) is 27.8. The van der Waals surface area contributed by atoms with E-state index in [9.17, 15) is 9.59 Å². The van der Waals surface area contributed by atoms with Gasteiger partial charge in [-0.25, -0.2) is 9.97 Å². The molecule has 41 heavy (non-hydrogen) atoms. The van der Waals surface area contributed by atoms with Gasteiger partial charge in [0.25, 0.3) is 5.56 Å². The highest BCUT2D eigenvalue weighted by Crippen LogP contribution is 2.28. The fourth-order valence-corrected chi connectivity index (χ4v) is 5.39. The number of hydrogen-bond acceptors (Lipinski definition) is 8. The smallest absolute Gasteiger partial charge is 0.294 e. The van der Waals surface area contributed by atoms with Gasteiger partial charge in [0, 0.05) is 42.3 Å². The summed E-state index contributed by atoms with van der Waals surface area (Å²) in [6, 6.07) is 14.9. The molecule has 4 heterocycles. The maximum Gasteiger partial charge on any atom is 0.294 e. The van der Waals surface area contributed by atoms with Crippen LogP contribution in [0.5, 0.6) is 5.75 Å². The van der Waals surface area contributed by atoms with Gasteiger partial charge in [-0.1, -0.05) is 18.2 Å². The molecule has 4 N–H and O–H groups in total. The number of fused-ring (bicyclic) bond motifs is 1. The summed E-state index contributed by atoms with van der Waals surface area (Å²) in [4.78, 5) is 40.3. The monoisotopic (exact) mass is 553 g/mol. The Labute approximate surface area is 239 Å². The molecule has 1 aliphatic rings. The van der Waals surface area contributed by atoms with E-state index in [-0.39, 0.29) is 23.2 Å². The van der Waals surface area contributed by atoms with E-state index in [2.05, 4.69) is 26.7 Å². The lowest BCUT2D eigenvalue weighted by Crippen LogP contribution is -2.36. The third kappa shape index (κ3) is 6.06. The van der Waals surface area contributed by atoms with E-state index in [0.29, 0.717) is 31.7 Å². The molecule has 1 aromatic carbocycles. The standard InChI is InChI=1S/C31H35N7O3/c1-18-13-19(2)36-26(14-18)25(21-5-9-24(41-4)10-6-21)17-34-29-31(40)38-23(16-33-29)8-11-27(38)30(39)35-15-22-7-12-28(32)37-20(22)3/h5-7,9-10,12-14,16,25,27H,8,11,15,17H2,1-4H3,(H2,32,37)(H,33,34)(H,35,39)/t25-,27+/m1/s1. The second kappa shape index (κ2) is 11.8. The number of benzene rings is 1. The van der Waals surface area contributed by atoms with Crippen molar-refractivity contribution in [2.75, 3.05) is 24.7 Å². The second-order valence-electron chi connectivity index (χ2n) is 10.4. The maximum absolute atomic E-state index is 13.6. The van der Waals surface area contributed by atoms with E-state index in [4.69, 9.17) is 15.5 Å². The molecule has 0 radical (unpaired) electrons. The van der Waals surface area contributed by atoms with Gasteiger partial charge in [-0.3, -0.25) is 19.1 Å². The zero-order chi connectivity index (χ0) is 29.1. The third-order valence-corrected chi connectivity index (χ3v) is 7.50. The number of ether oxygens (including phenoxy) is 1. The molecule has 212 valence electrons. The molecule has 10 nitrogen and oxygen atoms in total. The van der Waals surface area contributed by atoms with Crippen molar-refractivity contribution in [3.63, 3.8) is 0 Å². The Morgan fingerprint density at radius 3 is 2.61 bits per heavy atom. The highest BCUT2D eigenvalue weighted by molar-refractivity contribution is 5.81. The summed E-state index contributed by atoms with van der Waals surface area (Å²) in [5, 5.41) is 6.23. The number of pyridine rings is 2. The van der Waals surface area contributed by atoms with Crippen molar-refractivity contribution in [3.05, 3.63) is 105 Å². The van der Waals surface area contributed by atoms with Crippen LogP contribution in [-0.2, 0) is 17.8 Å². The van der Waals surface area contributed by atoms with Crippen molar-refractivity contribution in [2.45, 2.75) is 52.1 Å². The van der Waals surface area contributed by atoms with Crippen molar-refractivity contribution >= 4 is 17.5 Å². The summed E-state index contributed by atoms with van der Waals surface area (Å²) in [6.07, 6.45) is 2.82. The minimum absolute atomic E-state index is 0.144. The number of nitrogens with two attached hydrogens (primary N) is 1. The molecule has 3 aromatic heterocycles. The van der Waals surface area contributed by atoms with Gasteiger partial charge in [-0.05, 0) is 80.6 Å². The first-order chi connectivity index (χ1) is 19.7. The number of nitrogens with zero attached hydrogens (tertiary/aromatic N) is 4. The molecule has 0 spiro atoms. The molecule has 0 saturated carbocycles. The number of aromatic nitrogens is 4. The van der Waals surface area contributed by atoms with E-state index in [1.54, 1.807) is 23.9 Å². The van der Waals surface area contributed by atoms with Crippen LogP contribution in [0, 0.1) is 20.8 Å². The molecule has 4 aromatic rings. The van der Waals surface area contributed by atoms with Crippen LogP contribution in [0.3, 0.4) is 0 Å². The molecular formula is C31H35N7O3. The van der Waals surface area contributed by atoms with Crippen molar-refractivity contribution in [3.8, 4) is 5.75 Å². The minimum atomic E-state index is -0.610. The lowest BCUT2D eigenvalue weighted by atomic mass is 9.94. The first-order valence-electron chi connectivity index (χ1n) is 13.7. The van der Waals surface area contributed by atoms with Crippen molar-refractivity contribution in [1.29, 1.82) is 0 Å². The minimum Gasteiger partial charge on any atom is -0.497 e. The molecule has 0 aliphatic carbocycles. The largest absolute Gasteiger partial charge is 0.497 e. The van der Waals surface area contributed by atoms with E-state index in [0.717, 1.165) is 45.2 Å². The Kier molecular flexibility index (Phi) is 8.00. The summed E-state index contributed by atoms with van der Waals surface area (Å²) < 4.78 is 6.90. The summed E-state index contributed by atoms with van der Waals surface area (Å²) in [5.74, 6) is 1.04. The van der Waals surface area contributed by atoms with Crippen molar-refractivity contribution < 1.29 is 9.53 Å². The van der Waals surface area contributed by atoms with Crippen LogP contribution >= 0.6 is 0 Å². The second-order valence-corrected chi connectivity index (χ2v) is 10.4. The quantitative estimate of drug-likeness (QED) is 0.286. The number of amides is 1. The third-order valence-electron chi connectivity index (χ3n) is 7.50. The van der Waals surface area contributed by atoms with Gasteiger partial charge in [0.1, 0.15) is 17.6 Å². The average Bonchev–Trinajstić information content (AvgIpc) is 3.39. The van der Waals surface area contributed by atoms with Crippen LogP contribution in [0.2, 0.25) is 0 Å². The van der Waals surface area contributed by atoms with Crippen molar-refractivity contribution in [1.82, 2.24) is 24.8 Å². The Hall–Kier alpha value is -4.73. The number of nitrogen functional groups attached to an aromatic ring is 1. The SMILES string of the molecule is COc1ccc([C@@H](CNc2ncc3n(c2=O)[C@H](C(=O)NCc2ccc(N)nc2C)CC3)c2cc(C)cc(C)n2)cc1. The molecule has 0 unspecified atom stereocenters. The van der Waals surface area contributed by atoms with Crippen LogP contribution in [0.25, 0.3) is 0 Å². The van der Waals surface area contributed by atoms with Crippen LogP contribution < -0.4 is 26.7 Å². The average molecular weight is 554 g/mol. The number of anilines is 2. The lowest BCUT2D eigenvalue weighted by molar-refractivity contribution is -0.124. The molecule has 0 saturated heterocycles. The van der Waals surface area contributed by atoms with E-state index >= 15 is 0 Å². The topological polar surface area (TPSA) is 137 Å². The number of aryl methyl sites for hydroxylation is 4. The molecule has 0 fully saturated rings. The van der Waals surface area contributed by atoms with Crippen LogP contribution in [-0.4, -0.2) is 39.1 Å². The summed E-state index contributed by atoms with van der Waals surface area (Å²) >= 11 is 0. The fourth-order valence-electron chi connectivity index (χ4n) is 5.39. The first-order valence-corrected chi connectivity index (χ1v) is 13.7. The highest BCUT2D eigenvalue weighted by atomic mass is 16.5. The molecule has 0 bridgehead atoms. The number of carbonyl (C=O) groups is 1. The number of hydrogen-bond donors (Lipinski definition) is 3. The normalized spacial score (nSPS) is 14.8. The van der Waals surface area contributed by atoms with Gasteiger partial charge in [0.2, 0.25) is 5.91 Å². The molecule has 5 rings (SSSR count). The molecule has 10 heteroatoms. The number of nitrogens with one attached hydrogen (secondary N) is 2. The Morgan fingerprint density at radius 1 is 1.12 bits per heavy atom. The summed E-state index contributed by atoms with van der Waals surface area (Å²) in [7, 11) is 1.64. The summed E-state index contributed by atoms with van der Waals surface area (Å²) in [6.45, 7) is 6.57. The fraction of sp³-hybridized carbons (Fsp3) is 0.323. The zero-order valence-electron chi connectivity index (χ0n) is 23.8. The molecule has 1 amide bonds. The Balaban J connectivity index is 1.37. The number of methoxy groups -OCH3 is 1. The number of rotatable bonds is 9. The predicted molar refractivity (Wildman–Crippen MR) is 158 cm³/mol. The van der Waals surface area contributed by atoms with Crippen LogP contribution in [0.1, 0.15) is 57.8 Å². The van der Waals surface area contributed by atoms with Gasteiger partial charge in [0.15, 0.2) is 5.82 Å². The van der Waals surface area contributed by atoms with Crippen LogP contribution in [0.4, 0.5) is 11.6 Å². The molecule has 2 atom stereocenters. The summed E-state index contributed by atoms with van der Waals surface area (Å²) in [5.41, 5.74) is 11.8. The molecular weight excluding hydrogens is 518 g/mol. The predicted octanol–water partition coefficient (Wildman–Crippen LogP) is 3.60. The molecule has 1 aliphatic heterocycles. The number of carbonyl (C=O) groups excluding carboxylic acids is 1. The maximum atomic E-state index is 13.6. The van der Waals surface area contributed by atoms with Gasteiger partial charge in [-0.2, -0.15) is 0 Å². The Morgan fingerprint density at radius 2 is 1.90 bits per heavy atom. The highest BCUT2D eigenvalue weighted by Gasteiger charge is 2.31. The lowest BCUT2D eigenvalue weighted by Gasteiger charge is -2.20. The van der Waals surface area contributed by atoms with Crippen molar-refractivity contribution in [2.24, 2.45) is 0 Å². The van der Waals surface area contributed by atoms with Gasteiger partial charge >= 0.3 is 0 Å². The van der Waals surface area contributed by atoms with Gasteiger partial charge < -0.3 is 21.1 Å².